The van der Waals surface area contributed by atoms with Gasteiger partial charge in [0.1, 0.15) is 0 Å². The molecule has 3 rings (SSSR count). The van der Waals surface area contributed by atoms with Crippen molar-refractivity contribution in [2.75, 3.05) is 0 Å². The van der Waals surface area contributed by atoms with E-state index in [1.165, 1.54) is 59.9 Å². The lowest BCUT2D eigenvalue weighted by Gasteiger charge is -1.98. The van der Waals surface area contributed by atoms with Crippen molar-refractivity contribution in [2.45, 2.75) is 39.0 Å². The fourth-order valence-corrected chi connectivity index (χ4v) is 3.00. The van der Waals surface area contributed by atoms with Crippen LogP contribution in [0.5, 0.6) is 0 Å². The third-order valence-corrected chi connectivity index (χ3v) is 4.34. The van der Waals surface area contributed by atoms with Gasteiger partial charge in [0, 0.05) is 0 Å². The van der Waals surface area contributed by atoms with E-state index in [-0.39, 0.29) is 0 Å². The monoisotopic (exact) mass is 288 g/mol. The van der Waals surface area contributed by atoms with Crippen molar-refractivity contribution >= 4 is 0 Å². The zero-order chi connectivity index (χ0) is 15.2. The van der Waals surface area contributed by atoms with E-state index in [0.29, 0.717) is 0 Å². The van der Waals surface area contributed by atoms with Gasteiger partial charge < -0.3 is 0 Å². The van der Waals surface area contributed by atoms with Crippen LogP contribution in [-0.2, 0) is 6.42 Å². The Morgan fingerprint density at radius 1 is 0.591 bits per heavy atom. The molecule has 0 radical (unpaired) electrons. The van der Waals surface area contributed by atoms with Crippen LogP contribution in [0, 0.1) is 0 Å². The minimum Gasteiger partial charge on any atom is -0.0654 e. The molecule has 0 heteroatoms. The van der Waals surface area contributed by atoms with Gasteiger partial charge in [-0.15, -0.1) is 0 Å². The summed E-state index contributed by atoms with van der Waals surface area (Å²) in [5.41, 5.74) is 6.72. The van der Waals surface area contributed by atoms with E-state index in [2.05, 4.69) is 73.7 Å². The lowest BCUT2D eigenvalue weighted by molar-refractivity contribution is 0.667. The van der Waals surface area contributed by atoms with Crippen molar-refractivity contribution in [3.05, 3.63) is 72.3 Å². The third kappa shape index (κ3) is 3.57. The number of fused-ring (bicyclic) bond motifs is 1. The second-order valence-corrected chi connectivity index (χ2v) is 6.07. The van der Waals surface area contributed by atoms with Crippen LogP contribution >= 0.6 is 0 Å². The molecule has 2 aliphatic rings. The molecule has 0 N–H and O–H groups in total. The molecule has 1 aromatic rings. The molecule has 0 aromatic heterocycles. The van der Waals surface area contributed by atoms with Crippen LogP contribution in [0.4, 0.5) is 0 Å². The Morgan fingerprint density at radius 3 is 1.91 bits per heavy atom. The van der Waals surface area contributed by atoms with E-state index in [9.17, 15) is 0 Å². The Kier molecular flexibility index (Phi) is 4.90. The zero-order valence-electron chi connectivity index (χ0n) is 13.4. The highest BCUT2D eigenvalue weighted by Crippen LogP contribution is 2.31. The Labute approximate surface area is 134 Å². The molecule has 22 heavy (non-hydrogen) atoms. The topological polar surface area (TPSA) is 0 Å². The zero-order valence-corrected chi connectivity index (χ0v) is 13.4. The van der Waals surface area contributed by atoms with Crippen LogP contribution in [-0.4, -0.2) is 0 Å². The first-order valence-corrected chi connectivity index (χ1v) is 8.45. The van der Waals surface area contributed by atoms with Gasteiger partial charge in [-0.05, 0) is 52.8 Å². The number of aryl methyl sites for hydroxylation is 1. The molecule has 0 unspecified atom stereocenters. The van der Waals surface area contributed by atoms with Gasteiger partial charge in [0.15, 0.2) is 0 Å². The first kappa shape index (κ1) is 14.8. The van der Waals surface area contributed by atoms with Gasteiger partial charge in [-0.2, -0.15) is 0 Å². The van der Waals surface area contributed by atoms with Crippen LogP contribution < -0.4 is 0 Å². The number of hydrogen-bond donors (Lipinski definition) is 0. The first-order chi connectivity index (χ1) is 10.9. The molecule has 0 heterocycles. The van der Waals surface area contributed by atoms with Crippen LogP contribution in [0.3, 0.4) is 0 Å². The van der Waals surface area contributed by atoms with Crippen molar-refractivity contribution in [1.82, 2.24) is 0 Å². The number of rotatable bonds is 6. The highest BCUT2D eigenvalue weighted by atomic mass is 14.1. The van der Waals surface area contributed by atoms with Crippen LogP contribution in [0.2, 0.25) is 0 Å². The third-order valence-electron chi connectivity index (χ3n) is 4.34. The Bertz CT molecular complexity index is 648. The van der Waals surface area contributed by atoms with Gasteiger partial charge in [-0.1, -0.05) is 80.8 Å². The maximum atomic E-state index is 2.30. The molecule has 0 bridgehead atoms. The van der Waals surface area contributed by atoms with Crippen molar-refractivity contribution in [1.29, 1.82) is 0 Å². The van der Waals surface area contributed by atoms with E-state index >= 15 is 0 Å². The summed E-state index contributed by atoms with van der Waals surface area (Å²) in [7, 11) is 0. The van der Waals surface area contributed by atoms with Gasteiger partial charge in [-0.25, -0.2) is 0 Å². The van der Waals surface area contributed by atoms with Crippen molar-refractivity contribution in [3.63, 3.8) is 0 Å². The molecule has 2 aliphatic carbocycles. The number of unbranched alkanes of at least 4 members (excludes halogenated alkanes) is 3. The number of hydrogen-bond acceptors (Lipinski definition) is 0. The van der Waals surface area contributed by atoms with Gasteiger partial charge in [0.05, 0.1) is 0 Å². The van der Waals surface area contributed by atoms with E-state index in [1.54, 1.807) is 0 Å². The maximum absolute atomic E-state index is 2.30. The van der Waals surface area contributed by atoms with Gasteiger partial charge >= 0.3 is 0 Å². The summed E-state index contributed by atoms with van der Waals surface area (Å²) >= 11 is 0. The normalized spacial score (nSPS) is 11.0. The molecule has 0 atom stereocenters. The molecule has 0 fully saturated rings. The summed E-state index contributed by atoms with van der Waals surface area (Å²) in [5.74, 6) is 0. The summed E-state index contributed by atoms with van der Waals surface area (Å²) in [6.07, 6.45) is 6.50. The fourth-order valence-electron chi connectivity index (χ4n) is 3.00. The average Bonchev–Trinajstić information content (AvgIpc) is 2.88. The average molecular weight is 288 g/mol. The summed E-state index contributed by atoms with van der Waals surface area (Å²) in [5, 5.41) is 0. The van der Waals surface area contributed by atoms with Crippen molar-refractivity contribution in [3.8, 4) is 22.3 Å². The van der Waals surface area contributed by atoms with E-state index in [1.807, 2.05) is 0 Å². The van der Waals surface area contributed by atoms with E-state index < -0.39 is 0 Å². The lowest BCUT2D eigenvalue weighted by Crippen LogP contribution is -1.82. The summed E-state index contributed by atoms with van der Waals surface area (Å²) in [6, 6.07) is 24.3. The molecule has 0 saturated heterocycles. The van der Waals surface area contributed by atoms with Crippen molar-refractivity contribution < 1.29 is 0 Å². The maximum Gasteiger partial charge on any atom is -0.0172 e. The Balaban J connectivity index is 1.78. The van der Waals surface area contributed by atoms with Crippen LogP contribution in [0.15, 0.2) is 66.7 Å². The number of benzene rings is 1. The predicted octanol–water partition coefficient (Wildman–Crippen LogP) is 6.58. The Hall–Kier alpha value is -2.08. The summed E-state index contributed by atoms with van der Waals surface area (Å²) < 4.78 is 0. The van der Waals surface area contributed by atoms with Gasteiger partial charge in [0.2, 0.25) is 0 Å². The molecule has 0 saturated carbocycles. The Morgan fingerprint density at radius 2 is 1.27 bits per heavy atom. The standard InChI is InChI=1S/C22H24/c1-2-3-4-6-9-18-12-14-20-16-22(17-21(20)15-13-18)19-10-7-5-8-11-19/h5,7-8,10-17H,2-4,6,9H2,1H3. The first-order valence-electron chi connectivity index (χ1n) is 8.45. The molecule has 112 valence electrons. The van der Waals surface area contributed by atoms with Crippen LogP contribution in [0.1, 0.15) is 38.2 Å². The molecule has 0 nitrogen and oxygen atoms in total. The second kappa shape index (κ2) is 7.26. The van der Waals surface area contributed by atoms with E-state index in [4.69, 9.17) is 0 Å². The molecule has 0 amide bonds. The van der Waals surface area contributed by atoms with E-state index in [0.717, 1.165) is 0 Å². The van der Waals surface area contributed by atoms with Gasteiger partial charge in [-0.3, -0.25) is 0 Å². The smallest absolute Gasteiger partial charge is 0.0172 e. The molecular formula is C22H24. The lowest BCUT2D eigenvalue weighted by atomic mass is 10.1. The molecular weight excluding hydrogens is 264 g/mol. The fraction of sp³-hybridized carbons (Fsp3) is 0.273. The van der Waals surface area contributed by atoms with Crippen molar-refractivity contribution in [2.24, 2.45) is 0 Å². The largest absolute Gasteiger partial charge is 0.0654 e. The molecule has 0 spiro atoms. The highest BCUT2D eigenvalue weighted by molar-refractivity contribution is 5.79. The molecule has 0 aliphatic heterocycles. The predicted molar refractivity (Wildman–Crippen MR) is 96.3 cm³/mol. The second-order valence-electron chi connectivity index (χ2n) is 6.07. The summed E-state index contributed by atoms with van der Waals surface area (Å²) in [4.78, 5) is 0. The SMILES string of the molecule is CCCCCCc1ccc2cc(-c3ccccc3)cc-2cc1. The minimum atomic E-state index is 1.20. The van der Waals surface area contributed by atoms with Crippen LogP contribution in [0.25, 0.3) is 22.3 Å². The highest BCUT2D eigenvalue weighted by Gasteiger charge is 2.06. The minimum absolute atomic E-state index is 1.20. The summed E-state index contributed by atoms with van der Waals surface area (Å²) in [6.45, 7) is 2.26. The van der Waals surface area contributed by atoms with Gasteiger partial charge in [0.25, 0.3) is 0 Å². The molecule has 1 aromatic carbocycles. The quantitative estimate of drug-likeness (QED) is 0.449.